The SMILES string of the molecule is NC(=O)c1ccccc1NC(=O)CCc1cccc(Oc2ccc(F)cc2)c1. The van der Waals surface area contributed by atoms with E-state index in [1.165, 1.54) is 12.1 Å². The highest BCUT2D eigenvalue weighted by Crippen LogP contribution is 2.23. The van der Waals surface area contributed by atoms with E-state index in [-0.39, 0.29) is 23.7 Å². The predicted octanol–water partition coefficient (Wildman–Crippen LogP) is 4.29. The summed E-state index contributed by atoms with van der Waals surface area (Å²) in [4.78, 5) is 23.7. The Kier molecular flexibility index (Phi) is 6.01. The fraction of sp³-hybridized carbons (Fsp3) is 0.0909. The van der Waals surface area contributed by atoms with Gasteiger partial charge in [-0.05, 0) is 60.5 Å². The molecule has 0 radical (unpaired) electrons. The van der Waals surface area contributed by atoms with Gasteiger partial charge in [0.1, 0.15) is 17.3 Å². The molecule has 3 N–H and O–H groups in total. The van der Waals surface area contributed by atoms with Gasteiger partial charge in [0.05, 0.1) is 11.3 Å². The first kappa shape index (κ1) is 19.1. The molecule has 0 bridgehead atoms. The number of benzene rings is 3. The Morgan fingerprint density at radius 1 is 0.929 bits per heavy atom. The minimum absolute atomic E-state index is 0.224. The molecule has 0 atom stereocenters. The highest BCUT2D eigenvalue weighted by atomic mass is 19.1. The van der Waals surface area contributed by atoms with Crippen molar-refractivity contribution in [1.29, 1.82) is 0 Å². The maximum Gasteiger partial charge on any atom is 0.250 e. The van der Waals surface area contributed by atoms with Crippen LogP contribution in [0.1, 0.15) is 22.3 Å². The summed E-state index contributed by atoms with van der Waals surface area (Å²) in [5.74, 6) is -0.0203. The number of para-hydroxylation sites is 1. The Bertz CT molecular complexity index is 987. The van der Waals surface area contributed by atoms with Gasteiger partial charge in [0.2, 0.25) is 5.91 Å². The van der Waals surface area contributed by atoms with Gasteiger partial charge in [0.25, 0.3) is 5.91 Å². The molecule has 0 spiro atoms. The van der Waals surface area contributed by atoms with Crippen molar-refractivity contribution in [2.45, 2.75) is 12.8 Å². The Labute approximate surface area is 161 Å². The lowest BCUT2D eigenvalue weighted by molar-refractivity contribution is -0.116. The number of rotatable bonds is 7. The molecule has 0 fully saturated rings. The molecule has 5 nitrogen and oxygen atoms in total. The number of aryl methyl sites for hydroxylation is 1. The van der Waals surface area contributed by atoms with Crippen LogP contribution in [0.2, 0.25) is 0 Å². The van der Waals surface area contributed by atoms with Crippen LogP contribution in [-0.4, -0.2) is 11.8 Å². The average Bonchev–Trinajstić information content (AvgIpc) is 2.69. The lowest BCUT2D eigenvalue weighted by atomic mass is 10.1. The molecule has 0 aromatic heterocycles. The van der Waals surface area contributed by atoms with Gasteiger partial charge in [0.15, 0.2) is 0 Å². The molecule has 0 aliphatic heterocycles. The summed E-state index contributed by atoms with van der Waals surface area (Å²) in [6.45, 7) is 0. The number of primary amides is 1. The monoisotopic (exact) mass is 378 g/mol. The molecule has 142 valence electrons. The molecular weight excluding hydrogens is 359 g/mol. The minimum Gasteiger partial charge on any atom is -0.457 e. The van der Waals surface area contributed by atoms with Gasteiger partial charge in [-0.25, -0.2) is 4.39 Å². The fourth-order valence-corrected chi connectivity index (χ4v) is 2.68. The number of amides is 2. The van der Waals surface area contributed by atoms with Gasteiger partial charge in [-0.1, -0.05) is 24.3 Å². The topological polar surface area (TPSA) is 81.4 Å². The van der Waals surface area contributed by atoms with E-state index in [0.29, 0.717) is 23.6 Å². The first-order chi connectivity index (χ1) is 13.5. The van der Waals surface area contributed by atoms with Crippen molar-refractivity contribution >= 4 is 17.5 Å². The van der Waals surface area contributed by atoms with E-state index in [9.17, 15) is 14.0 Å². The number of carbonyl (C=O) groups is 2. The summed E-state index contributed by atoms with van der Waals surface area (Å²) in [6.07, 6.45) is 0.721. The number of hydrogen-bond donors (Lipinski definition) is 2. The second-order valence-corrected chi connectivity index (χ2v) is 6.16. The van der Waals surface area contributed by atoms with E-state index in [1.54, 1.807) is 42.5 Å². The molecule has 6 heteroatoms. The van der Waals surface area contributed by atoms with E-state index >= 15 is 0 Å². The summed E-state index contributed by atoms with van der Waals surface area (Å²) in [6, 6.07) is 19.7. The molecular formula is C22H19FN2O3. The standard InChI is InChI=1S/C22H19FN2O3/c23-16-9-11-17(12-10-16)28-18-5-3-4-15(14-18)8-13-21(26)25-20-7-2-1-6-19(20)22(24)27/h1-7,9-12,14H,8,13H2,(H2,24,27)(H,25,26). The molecule has 0 aliphatic rings. The Morgan fingerprint density at radius 2 is 1.68 bits per heavy atom. The van der Waals surface area contributed by atoms with Gasteiger partial charge in [-0.3, -0.25) is 9.59 Å². The third-order valence-electron chi connectivity index (χ3n) is 4.06. The first-order valence-corrected chi connectivity index (χ1v) is 8.72. The van der Waals surface area contributed by atoms with E-state index in [1.807, 2.05) is 18.2 Å². The third kappa shape index (κ3) is 5.17. The maximum atomic E-state index is 13.0. The molecule has 0 saturated heterocycles. The van der Waals surface area contributed by atoms with Crippen molar-refractivity contribution in [1.82, 2.24) is 0 Å². The van der Waals surface area contributed by atoms with Crippen molar-refractivity contribution < 1.29 is 18.7 Å². The molecule has 3 aromatic carbocycles. The van der Waals surface area contributed by atoms with Gasteiger partial charge >= 0.3 is 0 Å². The first-order valence-electron chi connectivity index (χ1n) is 8.72. The number of halogens is 1. The molecule has 3 rings (SSSR count). The van der Waals surface area contributed by atoms with E-state index in [0.717, 1.165) is 5.56 Å². The van der Waals surface area contributed by atoms with Crippen LogP contribution in [0, 0.1) is 5.82 Å². The van der Waals surface area contributed by atoms with Gasteiger partial charge in [-0.2, -0.15) is 0 Å². The summed E-state index contributed by atoms with van der Waals surface area (Å²) >= 11 is 0. The van der Waals surface area contributed by atoms with Gasteiger partial charge in [-0.15, -0.1) is 0 Å². The maximum absolute atomic E-state index is 13.0. The summed E-state index contributed by atoms with van der Waals surface area (Å²) < 4.78 is 18.7. The van der Waals surface area contributed by atoms with Crippen molar-refractivity contribution in [3.63, 3.8) is 0 Å². The highest BCUT2D eigenvalue weighted by Gasteiger charge is 2.10. The van der Waals surface area contributed by atoms with Crippen LogP contribution in [0.5, 0.6) is 11.5 Å². The highest BCUT2D eigenvalue weighted by molar-refractivity contribution is 6.02. The molecule has 2 amide bonds. The Morgan fingerprint density at radius 3 is 2.43 bits per heavy atom. The Hall–Kier alpha value is -3.67. The number of hydrogen-bond acceptors (Lipinski definition) is 3. The van der Waals surface area contributed by atoms with Crippen LogP contribution < -0.4 is 15.8 Å². The second-order valence-electron chi connectivity index (χ2n) is 6.16. The summed E-state index contributed by atoms with van der Waals surface area (Å²) in [5.41, 5.74) is 6.90. The smallest absolute Gasteiger partial charge is 0.250 e. The van der Waals surface area contributed by atoms with Crippen molar-refractivity contribution in [3.05, 3.63) is 89.7 Å². The second kappa shape index (κ2) is 8.81. The number of nitrogens with two attached hydrogens (primary N) is 1. The Balaban J connectivity index is 1.59. The van der Waals surface area contributed by atoms with Crippen LogP contribution in [0.15, 0.2) is 72.8 Å². The van der Waals surface area contributed by atoms with Crippen LogP contribution in [0.4, 0.5) is 10.1 Å². The number of nitrogens with one attached hydrogen (secondary N) is 1. The van der Waals surface area contributed by atoms with Crippen LogP contribution in [0.25, 0.3) is 0 Å². The molecule has 3 aromatic rings. The minimum atomic E-state index is -0.596. The molecule has 0 aliphatic carbocycles. The van der Waals surface area contributed by atoms with E-state index in [2.05, 4.69) is 5.32 Å². The quantitative estimate of drug-likeness (QED) is 0.644. The zero-order valence-corrected chi connectivity index (χ0v) is 15.0. The van der Waals surface area contributed by atoms with E-state index in [4.69, 9.17) is 10.5 Å². The normalized spacial score (nSPS) is 10.3. The molecule has 0 heterocycles. The fourth-order valence-electron chi connectivity index (χ4n) is 2.68. The molecule has 0 unspecified atom stereocenters. The number of anilines is 1. The predicted molar refractivity (Wildman–Crippen MR) is 105 cm³/mol. The lowest BCUT2D eigenvalue weighted by Crippen LogP contribution is -2.18. The lowest BCUT2D eigenvalue weighted by Gasteiger charge is -2.10. The third-order valence-corrected chi connectivity index (χ3v) is 4.06. The van der Waals surface area contributed by atoms with Crippen molar-refractivity contribution in [2.75, 3.05) is 5.32 Å². The van der Waals surface area contributed by atoms with Crippen LogP contribution in [-0.2, 0) is 11.2 Å². The largest absolute Gasteiger partial charge is 0.457 e. The van der Waals surface area contributed by atoms with E-state index < -0.39 is 5.91 Å². The summed E-state index contributed by atoms with van der Waals surface area (Å²) in [5, 5.41) is 2.72. The van der Waals surface area contributed by atoms with Crippen LogP contribution >= 0.6 is 0 Å². The van der Waals surface area contributed by atoms with Crippen molar-refractivity contribution in [2.24, 2.45) is 5.73 Å². The average molecular weight is 378 g/mol. The molecule has 0 saturated carbocycles. The number of carbonyl (C=O) groups excluding carboxylic acids is 2. The zero-order valence-electron chi connectivity index (χ0n) is 15.0. The van der Waals surface area contributed by atoms with Gasteiger partial charge < -0.3 is 15.8 Å². The zero-order chi connectivity index (χ0) is 19.9. The summed E-state index contributed by atoms with van der Waals surface area (Å²) in [7, 11) is 0. The number of ether oxygens (including phenoxy) is 1. The van der Waals surface area contributed by atoms with Gasteiger partial charge in [0, 0.05) is 6.42 Å². The van der Waals surface area contributed by atoms with Crippen molar-refractivity contribution in [3.8, 4) is 11.5 Å². The van der Waals surface area contributed by atoms with Crippen LogP contribution in [0.3, 0.4) is 0 Å². The molecule has 28 heavy (non-hydrogen) atoms.